The summed E-state index contributed by atoms with van der Waals surface area (Å²) >= 11 is 0. The summed E-state index contributed by atoms with van der Waals surface area (Å²) in [6.07, 6.45) is 0. The number of hydrogen-bond acceptors (Lipinski definition) is 4. The molecular formula is C19H29F3IN5O2. The Morgan fingerprint density at radius 3 is 2.47 bits per heavy atom. The summed E-state index contributed by atoms with van der Waals surface area (Å²) in [7, 11) is 1.60. The van der Waals surface area contributed by atoms with Gasteiger partial charge in [-0.2, -0.15) is 8.78 Å². The lowest BCUT2D eigenvalue weighted by Crippen LogP contribution is -2.54. The minimum absolute atomic E-state index is 0. The Kier molecular flexibility index (Phi) is 11.2. The van der Waals surface area contributed by atoms with E-state index in [2.05, 4.69) is 20.4 Å². The first-order chi connectivity index (χ1) is 13.8. The van der Waals surface area contributed by atoms with Gasteiger partial charge in [-0.05, 0) is 26.0 Å². The number of hydrogen-bond donors (Lipinski definition) is 2. The molecule has 7 nitrogen and oxygen atoms in total. The van der Waals surface area contributed by atoms with Gasteiger partial charge in [-0.25, -0.2) is 4.39 Å². The topological polar surface area (TPSA) is 69.2 Å². The van der Waals surface area contributed by atoms with Crippen molar-refractivity contribution in [2.24, 2.45) is 4.99 Å². The number of nitrogens with zero attached hydrogens (tertiary/aromatic N) is 3. The molecule has 0 aromatic heterocycles. The summed E-state index contributed by atoms with van der Waals surface area (Å²) in [6, 6.07) is 3.92. The van der Waals surface area contributed by atoms with Crippen LogP contribution in [0.15, 0.2) is 23.2 Å². The van der Waals surface area contributed by atoms with E-state index in [-0.39, 0.29) is 53.8 Å². The van der Waals surface area contributed by atoms with Crippen molar-refractivity contribution in [2.45, 2.75) is 33.0 Å². The average Bonchev–Trinajstić information content (AvgIpc) is 2.64. The van der Waals surface area contributed by atoms with Crippen LogP contribution in [0.5, 0.6) is 5.75 Å². The molecule has 1 amide bonds. The van der Waals surface area contributed by atoms with Gasteiger partial charge in [-0.3, -0.25) is 14.7 Å². The number of carbonyl (C=O) groups is 1. The van der Waals surface area contributed by atoms with Crippen molar-refractivity contribution in [1.82, 2.24) is 20.4 Å². The lowest BCUT2D eigenvalue weighted by atomic mass is 10.2. The molecule has 1 fully saturated rings. The molecule has 1 aliphatic heterocycles. The standard InChI is InChI=1S/C19H28F3N5O2.HI/c1-13(2)25-17(28)12-26-7-9-27(10-8-26)19(23-3)24-11-14-15(20)5-4-6-16(14)29-18(21)22;/h4-6,13,18H,7-12H2,1-3H3,(H,23,24)(H,25,28);1H. The predicted octanol–water partition coefficient (Wildman–Crippen LogP) is 2.26. The number of halogens is 4. The summed E-state index contributed by atoms with van der Waals surface area (Å²) in [4.78, 5) is 20.1. The van der Waals surface area contributed by atoms with E-state index in [1.807, 2.05) is 23.6 Å². The van der Waals surface area contributed by atoms with Gasteiger partial charge in [0.25, 0.3) is 0 Å². The van der Waals surface area contributed by atoms with E-state index in [9.17, 15) is 18.0 Å². The fourth-order valence-electron chi connectivity index (χ4n) is 3.11. The molecular weight excluding hydrogens is 514 g/mol. The van der Waals surface area contributed by atoms with Gasteiger partial charge in [0.2, 0.25) is 5.91 Å². The molecule has 170 valence electrons. The summed E-state index contributed by atoms with van der Waals surface area (Å²) < 4.78 is 43.6. The second-order valence-corrected chi connectivity index (χ2v) is 6.98. The van der Waals surface area contributed by atoms with Crippen LogP contribution in [0.4, 0.5) is 13.2 Å². The molecule has 0 aliphatic carbocycles. The Labute approximate surface area is 192 Å². The van der Waals surface area contributed by atoms with E-state index in [1.165, 1.54) is 18.2 Å². The maximum atomic E-state index is 14.1. The molecule has 2 rings (SSSR count). The molecule has 1 heterocycles. The smallest absolute Gasteiger partial charge is 0.387 e. The number of alkyl halides is 2. The summed E-state index contributed by atoms with van der Waals surface area (Å²) in [5.74, 6) is -0.319. The van der Waals surface area contributed by atoms with Crippen LogP contribution in [0.2, 0.25) is 0 Å². The van der Waals surface area contributed by atoms with Crippen LogP contribution in [-0.4, -0.2) is 74.1 Å². The van der Waals surface area contributed by atoms with E-state index in [0.717, 1.165) is 0 Å². The molecule has 30 heavy (non-hydrogen) atoms. The van der Waals surface area contributed by atoms with Gasteiger partial charge in [0.1, 0.15) is 11.6 Å². The Hall–Kier alpha value is -1.76. The second-order valence-electron chi connectivity index (χ2n) is 6.98. The first-order valence-corrected chi connectivity index (χ1v) is 9.49. The van der Waals surface area contributed by atoms with Crippen LogP contribution in [0.3, 0.4) is 0 Å². The summed E-state index contributed by atoms with van der Waals surface area (Å²) in [6.45, 7) is 3.70. The van der Waals surface area contributed by atoms with Crippen LogP contribution < -0.4 is 15.4 Å². The normalized spacial score (nSPS) is 15.2. The third-order valence-electron chi connectivity index (χ3n) is 4.42. The van der Waals surface area contributed by atoms with Crippen molar-refractivity contribution in [3.05, 3.63) is 29.6 Å². The number of carbonyl (C=O) groups excluding carboxylic acids is 1. The van der Waals surface area contributed by atoms with Gasteiger partial charge in [0, 0.05) is 51.4 Å². The Balaban J connectivity index is 0.00000450. The number of piperazine rings is 1. The molecule has 1 aromatic carbocycles. The Morgan fingerprint density at radius 1 is 1.23 bits per heavy atom. The first kappa shape index (κ1) is 26.3. The highest BCUT2D eigenvalue weighted by Crippen LogP contribution is 2.23. The largest absolute Gasteiger partial charge is 0.434 e. The van der Waals surface area contributed by atoms with Crippen molar-refractivity contribution in [3.8, 4) is 5.75 Å². The maximum Gasteiger partial charge on any atom is 0.387 e. The molecule has 1 aromatic rings. The van der Waals surface area contributed by atoms with Crippen LogP contribution in [0.25, 0.3) is 0 Å². The van der Waals surface area contributed by atoms with Gasteiger partial charge >= 0.3 is 6.61 Å². The molecule has 0 saturated carbocycles. The monoisotopic (exact) mass is 543 g/mol. The molecule has 0 bridgehead atoms. The Morgan fingerprint density at radius 2 is 1.90 bits per heavy atom. The molecule has 0 radical (unpaired) electrons. The van der Waals surface area contributed by atoms with Crippen molar-refractivity contribution in [2.75, 3.05) is 39.8 Å². The zero-order valence-corrected chi connectivity index (χ0v) is 19.7. The van der Waals surface area contributed by atoms with Crippen LogP contribution in [0, 0.1) is 5.82 Å². The third-order valence-corrected chi connectivity index (χ3v) is 4.42. The number of amides is 1. The quantitative estimate of drug-likeness (QED) is 0.314. The highest BCUT2D eigenvalue weighted by atomic mass is 127. The fourth-order valence-corrected chi connectivity index (χ4v) is 3.11. The molecule has 0 atom stereocenters. The Bertz CT molecular complexity index is 713. The first-order valence-electron chi connectivity index (χ1n) is 9.49. The zero-order chi connectivity index (χ0) is 21.4. The predicted molar refractivity (Wildman–Crippen MR) is 120 cm³/mol. The van der Waals surface area contributed by atoms with Crippen molar-refractivity contribution in [3.63, 3.8) is 0 Å². The van der Waals surface area contributed by atoms with E-state index < -0.39 is 12.4 Å². The van der Waals surface area contributed by atoms with E-state index in [1.54, 1.807) is 7.05 Å². The highest BCUT2D eigenvalue weighted by Gasteiger charge is 2.22. The van der Waals surface area contributed by atoms with Gasteiger partial charge in [-0.1, -0.05) is 6.07 Å². The number of rotatable bonds is 7. The van der Waals surface area contributed by atoms with Crippen LogP contribution >= 0.6 is 24.0 Å². The van der Waals surface area contributed by atoms with Gasteiger partial charge < -0.3 is 20.3 Å². The van der Waals surface area contributed by atoms with Gasteiger partial charge in [-0.15, -0.1) is 24.0 Å². The second kappa shape index (κ2) is 12.8. The lowest BCUT2D eigenvalue weighted by Gasteiger charge is -2.36. The molecule has 2 N–H and O–H groups in total. The lowest BCUT2D eigenvalue weighted by molar-refractivity contribution is -0.123. The number of aliphatic imine (C=N–C) groups is 1. The van der Waals surface area contributed by atoms with Crippen LogP contribution in [-0.2, 0) is 11.3 Å². The van der Waals surface area contributed by atoms with Crippen LogP contribution in [0.1, 0.15) is 19.4 Å². The average molecular weight is 543 g/mol. The van der Waals surface area contributed by atoms with E-state index >= 15 is 0 Å². The SMILES string of the molecule is CN=C(NCc1c(F)cccc1OC(F)F)N1CCN(CC(=O)NC(C)C)CC1.I. The fraction of sp³-hybridized carbons (Fsp3) is 0.579. The third kappa shape index (κ3) is 8.17. The molecule has 11 heteroatoms. The van der Waals surface area contributed by atoms with E-state index in [4.69, 9.17) is 0 Å². The molecule has 0 unspecified atom stereocenters. The maximum absolute atomic E-state index is 14.1. The van der Waals surface area contributed by atoms with Crippen molar-refractivity contribution >= 4 is 35.8 Å². The molecule has 1 aliphatic rings. The van der Waals surface area contributed by atoms with Crippen molar-refractivity contribution in [1.29, 1.82) is 0 Å². The van der Waals surface area contributed by atoms with Gasteiger partial charge in [0.15, 0.2) is 5.96 Å². The number of guanidine groups is 1. The number of benzene rings is 1. The highest BCUT2D eigenvalue weighted by molar-refractivity contribution is 14.0. The minimum atomic E-state index is -3.03. The number of nitrogens with one attached hydrogen (secondary N) is 2. The summed E-state index contributed by atoms with van der Waals surface area (Å²) in [5, 5.41) is 5.87. The van der Waals surface area contributed by atoms with Gasteiger partial charge in [0.05, 0.1) is 6.54 Å². The van der Waals surface area contributed by atoms with E-state index in [0.29, 0.717) is 38.7 Å². The zero-order valence-electron chi connectivity index (χ0n) is 17.3. The molecule has 0 spiro atoms. The number of ether oxygens (including phenoxy) is 1. The summed E-state index contributed by atoms with van der Waals surface area (Å²) in [5.41, 5.74) is 0.0120. The molecule has 1 saturated heterocycles. The minimum Gasteiger partial charge on any atom is -0.434 e. The van der Waals surface area contributed by atoms with Crippen molar-refractivity contribution < 1.29 is 22.7 Å².